The molecular weight excluding hydrogens is 492 g/mol. The molecule has 0 saturated carbocycles. The van der Waals surface area contributed by atoms with Crippen molar-refractivity contribution in [2.24, 2.45) is 7.05 Å². The minimum atomic E-state index is -4.78. The Labute approximate surface area is 200 Å². The van der Waals surface area contributed by atoms with Gasteiger partial charge in [-0.1, -0.05) is 18.2 Å². The first-order chi connectivity index (χ1) is 16.8. The highest BCUT2D eigenvalue weighted by atomic mass is 19.4. The van der Waals surface area contributed by atoms with Crippen LogP contribution in [0.3, 0.4) is 0 Å². The minimum Gasteiger partial charge on any atom is -0.361 e. The number of hydrogen-bond donors (Lipinski definition) is 1. The number of likely N-dealkylation sites (tertiary alicyclic amines) is 1. The van der Waals surface area contributed by atoms with Crippen molar-refractivity contribution in [3.05, 3.63) is 68.1 Å². The van der Waals surface area contributed by atoms with Crippen molar-refractivity contribution in [2.45, 2.75) is 37.5 Å². The van der Waals surface area contributed by atoms with Gasteiger partial charge in [0.25, 0.3) is 17.5 Å². The summed E-state index contributed by atoms with van der Waals surface area (Å²) < 4.78 is 85.4. The van der Waals surface area contributed by atoms with Gasteiger partial charge in [-0.3, -0.25) is 14.2 Å². The number of anilines is 1. The maximum Gasteiger partial charge on any atom is 0.413 e. The summed E-state index contributed by atoms with van der Waals surface area (Å²) in [6.07, 6.45) is -7.25. The van der Waals surface area contributed by atoms with Gasteiger partial charge in [0.1, 0.15) is 5.82 Å². The fraction of sp³-hybridized carbons (Fsp3) is 0.435. The van der Waals surface area contributed by atoms with E-state index in [-0.39, 0.29) is 35.1 Å². The number of fused-ring (bicyclic) bond motifs is 1. The smallest absolute Gasteiger partial charge is 0.361 e. The second-order valence-electron chi connectivity index (χ2n) is 9.02. The third-order valence-corrected chi connectivity index (χ3v) is 6.62. The number of benzene rings is 1. The first-order valence-corrected chi connectivity index (χ1v) is 11.0. The lowest BCUT2D eigenvalue weighted by atomic mass is 9.96. The number of aryl methyl sites for hydroxylation is 1. The molecule has 0 radical (unpaired) electrons. The van der Waals surface area contributed by atoms with Crippen LogP contribution in [0.25, 0.3) is 10.8 Å². The molecule has 13 heteroatoms. The molecule has 0 amide bonds. The van der Waals surface area contributed by atoms with E-state index >= 15 is 0 Å². The van der Waals surface area contributed by atoms with Gasteiger partial charge < -0.3 is 10.2 Å². The number of nitrogens with zero attached hydrogens (tertiary/aromatic N) is 4. The van der Waals surface area contributed by atoms with Gasteiger partial charge in [-0.25, -0.2) is 17.9 Å². The molecule has 1 fully saturated rings. The van der Waals surface area contributed by atoms with Crippen LogP contribution in [-0.2, 0) is 12.6 Å². The first-order valence-electron chi connectivity index (χ1n) is 11.0. The molecule has 1 aliphatic heterocycles. The second-order valence-corrected chi connectivity index (χ2v) is 9.02. The molecule has 1 saturated heterocycles. The molecule has 2 atom stereocenters. The summed E-state index contributed by atoms with van der Waals surface area (Å²) in [5, 5.41) is 6.60. The van der Waals surface area contributed by atoms with Crippen molar-refractivity contribution < 1.29 is 26.3 Å². The summed E-state index contributed by atoms with van der Waals surface area (Å²) >= 11 is 0. The number of alkyl halides is 5. The van der Waals surface area contributed by atoms with Crippen LogP contribution in [0.2, 0.25) is 0 Å². The van der Waals surface area contributed by atoms with Crippen molar-refractivity contribution in [3.8, 4) is 0 Å². The predicted molar refractivity (Wildman–Crippen MR) is 121 cm³/mol. The third-order valence-electron chi connectivity index (χ3n) is 6.62. The zero-order valence-electron chi connectivity index (χ0n) is 19.5. The van der Waals surface area contributed by atoms with Crippen LogP contribution in [0.4, 0.5) is 32.2 Å². The highest BCUT2D eigenvalue weighted by Gasteiger charge is 2.59. The zero-order chi connectivity index (χ0) is 26.6. The highest BCUT2D eigenvalue weighted by Crippen LogP contribution is 2.43. The average Bonchev–Trinajstić information content (AvgIpc) is 3.19. The Balaban J connectivity index is 1.90. The van der Waals surface area contributed by atoms with E-state index in [0.717, 1.165) is 23.0 Å². The molecule has 0 aliphatic carbocycles. The van der Waals surface area contributed by atoms with Crippen molar-refractivity contribution in [1.29, 1.82) is 0 Å². The Morgan fingerprint density at radius 1 is 1.11 bits per heavy atom. The maximum atomic E-state index is 14.7. The summed E-state index contributed by atoms with van der Waals surface area (Å²) in [4.78, 5) is 27.0. The van der Waals surface area contributed by atoms with Gasteiger partial charge in [-0.2, -0.15) is 18.3 Å². The molecule has 1 aliphatic rings. The molecule has 1 unspecified atom stereocenters. The number of halogens is 6. The summed E-state index contributed by atoms with van der Waals surface area (Å²) in [5.74, 6) is -1.25. The molecule has 3 aromatic rings. The van der Waals surface area contributed by atoms with Crippen LogP contribution in [0.1, 0.15) is 36.9 Å². The minimum absolute atomic E-state index is 0.0897. The molecule has 7 nitrogen and oxygen atoms in total. The van der Waals surface area contributed by atoms with Crippen molar-refractivity contribution in [3.63, 3.8) is 0 Å². The standard InChI is InChI=1S/C23H23F6N5O2/c1-12(13-5-4-6-14(18(13)24)19(25)26)30-20-16-10-34(17(35)9-15(16)21(36)33(3)31-20)22(23(27,28)29)7-8-32(2)11-22/h4-6,9-10,12,19H,7-8,11H2,1-3H3,(H,30,31)/t12?,22-/m1/s1. The van der Waals surface area contributed by atoms with Crippen LogP contribution in [0.5, 0.6) is 0 Å². The van der Waals surface area contributed by atoms with E-state index in [9.17, 15) is 35.9 Å². The molecule has 0 spiro atoms. The van der Waals surface area contributed by atoms with E-state index in [4.69, 9.17) is 0 Å². The van der Waals surface area contributed by atoms with E-state index < -0.39 is 53.2 Å². The van der Waals surface area contributed by atoms with Gasteiger partial charge >= 0.3 is 6.18 Å². The number of pyridine rings is 1. The predicted octanol–water partition coefficient (Wildman–Crippen LogP) is 3.94. The number of rotatable bonds is 5. The number of nitrogens with one attached hydrogen (secondary N) is 1. The molecule has 3 heterocycles. The van der Waals surface area contributed by atoms with E-state index in [1.807, 2.05) is 0 Å². The molecular formula is C23H23F6N5O2. The van der Waals surface area contributed by atoms with Gasteiger partial charge in [-0.05, 0) is 20.4 Å². The molecule has 194 valence electrons. The summed E-state index contributed by atoms with van der Waals surface area (Å²) in [6, 6.07) is 3.35. The van der Waals surface area contributed by atoms with Crippen LogP contribution in [0.15, 0.2) is 40.1 Å². The molecule has 1 aromatic carbocycles. The van der Waals surface area contributed by atoms with Crippen LogP contribution in [0, 0.1) is 5.82 Å². The topological polar surface area (TPSA) is 72.2 Å². The molecule has 1 N–H and O–H groups in total. The maximum absolute atomic E-state index is 14.7. The lowest BCUT2D eigenvalue weighted by molar-refractivity contribution is -0.211. The largest absolute Gasteiger partial charge is 0.413 e. The van der Waals surface area contributed by atoms with Crippen molar-refractivity contribution >= 4 is 16.6 Å². The summed E-state index contributed by atoms with van der Waals surface area (Å²) in [5.41, 5.74) is -5.18. The normalized spacial score (nSPS) is 19.8. The number of hydrogen-bond acceptors (Lipinski definition) is 5. The Bertz CT molecular complexity index is 1430. The average molecular weight is 515 g/mol. The fourth-order valence-corrected chi connectivity index (χ4v) is 4.66. The van der Waals surface area contributed by atoms with Gasteiger partial charge in [-0.15, -0.1) is 0 Å². The van der Waals surface area contributed by atoms with Crippen LogP contribution >= 0.6 is 0 Å². The van der Waals surface area contributed by atoms with Gasteiger partial charge in [0.05, 0.1) is 17.0 Å². The lowest BCUT2D eigenvalue weighted by Gasteiger charge is -2.34. The second kappa shape index (κ2) is 8.95. The fourth-order valence-electron chi connectivity index (χ4n) is 4.66. The molecule has 36 heavy (non-hydrogen) atoms. The summed E-state index contributed by atoms with van der Waals surface area (Å²) in [6.45, 7) is 1.08. The van der Waals surface area contributed by atoms with Crippen molar-refractivity contribution in [2.75, 3.05) is 25.5 Å². The molecule has 2 aromatic heterocycles. The third kappa shape index (κ3) is 4.14. The summed E-state index contributed by atoms with van der Waals surface area (Å²) in [7, 11) is 2.79. The highest BCUT2D eigenvalue weighted by molar-refractivity contribution is 5.90. The van der Waals surface area contributed by atoms with E-state index in [0.29, 0.717) is 4.57 Å². The zero-order valence-corrected chi connectivity index (χ0v) is 19.5. The van der Waals surface area contributed by atoms with E-state index in [2.05, 4.69) is 10.4 Å². The Morgan fingerprint density at radius 2 is 1.78 bits per heavy atom. The van der Waals surface area contributed by atoms with Crippen LogP contribution in [-0.4, -0.2) is 45.6 Å². The number of aromatic nitrogens is 3. The monoisotopic (exact) mass is 515 g/mol. The lowest BCUT2D eigenvalue weighted by Crippen LogP contribution is -2.53. The Hall–Kier alpha value is -3.35. The number of likely N-dealkylation sites (N-methyl/N-ethyl adjacent to an activating group) is 1. The quantitative estimate of drug-likeness (QED) is 0.522. The molecule has 4 rings (SSSR count). The van der Waals surface area contributed by atoms with Crippen LogP contribution < -0.4 is 16.4 Å². The van der Waals surface area contributed by atoms with E-state index in [1.54, 1.807) is 0 Å². The SMILES string of the molecule is CC(Nc1nn(C)c(=O)c2cc(=O)n([C@]3(C(F)(F)F)CCN(C)C3)cc12)c1cccc(C(F)F)c1F. The van der Waals surface area contributed by atoms with Gasteiger partial charge in [0.2, 0.25) is 0 Å². The Kier molecular flexibility index (Phi) is 6.40. The van der Waals surface area contributed by atoms with Gasteiger partial charge in [0, 0.05) is 43.4 Å². The Morgan fingerprint density at radius 3 is 2.36 bits per heavy atom. The van der Waals surface area contributed by atoms with Crippen molar-refractivity contribution in [1.82, 2.24) is 19.2 Å². The van der Waals surface area contributed by atoms with E-state index in [1.165, 1.54) is 38.1 Å². The first kappa shape index (κ1) is 25.7. The molecule has 0 bridgehead atoms. The van der Waals surface area contributed by atoms with Gasteiger partial charge in [0.15, 0.2) is 11.4 Å².